The zero-order valence-corrected chi connectivity index (χ0v) is 11.7. The van der Waals surface area contributed by atoms with Crippen molar-refractivity contribution < 1.29 is 9.53 Å². The molecule has 0 saturated heterocycles. The summed E-state index contributed by atoms with van der Waals surface area (Å²) in [5.41, 5.74) is 1.11. The van der Waals surface area contributed by atoms with Gasteiger partial charge in [0.05, 0.1) is 18.6 Å². The number of pyridine rings is 1. The minimum atomic E-state index is -0.0982. The molecule has 1 fully saturated rings. The van der Waals surface area contributed by atoms with Crippen molar-refractivity contribution in [1.29, 1.82) is 0 Å². The average Bonchev–Trinajstić information content (AvgIpc) is 3.01. The number of methoxy groups -OCH3 is 1. The number of thioether (sulfide) groups is 1. The van der Waals surface area contributed by atoms with E-state index in [-0.39, 0.29) is 11.4 Å². The van der Waals surface area contributed by atoms with Gasteiger partial charge in [0, 0.05) is 18.1 Å². The van der Waals surface area contributed by atoms with Gasteiger partial charge in [-0.3, -0.25) is 9.20 Å². The summed E-state index contributed by atoms with van der Waals surface area (Å²) in [6.07, 6.45) is 6.55. The van der Waals surface area contributed by atoms with Crippen molar-refractivity contribution in [3.63, 3.8) is 0 Å². The largest absolute Gasteiger partial charge is 0.469 e. The van der Waals surface area contributed by atoms with Gasteiger partial charge < -0.3 is 4.74 Å². The summed E-state index contributed by atoms with van der Waals surface area (Å²) >= 11 is 1.79. The molecule has 0 aromatic carbocycles. The fraction of sp³-hybridized carbons (Fsp3) is 0.429. The maximum Gasteiger partial charge on any atom is 0.306 e. The van der Waals surface area contributed by atoms with E-state index in [2.05, 4.69) is 15.5 Å². The van der Waals surface area contributed by atoms with E-state index in [0.29, 0.717) is 6.42 Å². The lowest BCUT2D eigenvalue weighted by Crippen LogP contribution is -2.13. The molecule has 3 rings (SSSR count). The van der Waals surface area contributed by atoms with Gasteiger partial charge in [-0.25, -0.2) is 4.98 Å². The van der Waals surface area contributed by atoms with Crippen molar-refractivity contribution in [2.45, 2.75) is 24.3 Å². The van der Waals surface area contributed by atoms with Crippen molar-refractivity contribution in [3.8, 4) is 0 Å². The van der Waals surface area contributed by atoms with Gasteiger partial charge in [-0.1, -0.05) is 6.07 Å². The molecule has 0 unspecified atom stereocenters. The molecule has 0 amide bonds. The summed E-state index contributed by atoms with van der Waals surface area (Å²) in [4.78, 5) is 15.7. The van der Waals surface area contributed by atoms with Crippen LogP contribution in [0.15, 0.2) is 35.6 Å². The molecule has 2 aromatic heterocycles. The van der Waals surface area contributed by atoms with Crippen LogP contribution in [0.3, 0.4) is 0 Å². The van der Waals surface area contributed by atoms with Crippen LogP contribution in [0.5, 0.6) is 0 Å². The molecule has 1 saturated carbocycles. The SMILES string of the molecule is COC(=O)CC1(CSc2cccc3nccn23)CC1. The van der Waals surface area contributed by atoms with E-state index < -0.39 is 0 Å². The molecule has 0 bridgehead atoms. The van der Waals surface area contributed by atoms with Crippen molar-refractivity contribution in [1.82, 2.24) is 9.38 Å². The second-order valence-electron chi connectivity index (χ2n) is 5.06. The molecule has 0 aliphatic heterocycles. The summed E-state index contributed by atoms with van der Waals surface area (Å²) in [5, 5.41) is 1.17. The van der Waals surface area contributed by atoms with Gasteiger partial charge in [0.15, 0.2) is 0 Å². The first-order valence-electron chi connectivity index (χ1n) is 6.34. The first-order valence-corrected chi connectivity index (χ1v) is 7.33. The van der Waals surface area contributed by atoms with E-state index in [0.717, 1.165) is 24.2 Å². The van der Waals surface area contributed by atoms with Crippen LogP contribution in [0, 0.1) is 5.41 Å². The first-order chi connectivity index (χ1) is 9.22. The van der Waals surface area contributed by atoms with Gasteiger partial charge in [0.1, 0.15) is 5.65 Å². The molecule has 4 nitrogen and oxygen atoms in total. The number of fused-ring (bicyclic) bond motifs is 1. The van der Waals surface area contributed by atoms with Crippen molar-refractivity contribution in [3.05, 3.63) is 30.6 Å². The van der Waals surface area contributed by atoms with Crippen LogP contribution in [0.25, 0.3) is 5.65 Å². The zero-order chi connectivity index (χ0) is 13.3. The van der Waals surface area contributed by atoms with Crippen LogP contribution >= 0.6 is 11.8 Å². The van der Waals surface area contributed by atoms with Gasteiger partial charge in [-0.2, -0.15) is 0 Å². The third kappa shape index (κ3) is 2.61. The second-order valence-corrected chi connectivity index (χ2v) is 6.06. The lowest BCUT2D eigenvalue weighted by molar-refractivity contribution is -0.141. The van der Waals surface area contributed by atoms with E-state index >= 15 is 0 Å². The van der Waals surface area contributed by atoms with Crippen LogP contribution in [-0.4, -0.2) is 28.2 Å². The molecular formula is C14H16N2O2S. The average molecular weight is 276 g/mol. The quantitative estimate of drug-likeness (QED) is 0.622. The lowest BCUT2D eigenvalue weighted by atomic mass is 10.1. The van der Waals surface area contributed by atoms with Crippen molar-refractivity contribution in [2.75, 3.05) is 12.9 Å². The van der Waals surface area contributed by atoms with Crippen molar-refractivity contribution in [2.24, 2.45) is 5.41 Å². The van der Waals surface area contributed by atoms with Crippen LogP contribution < -0.4 is 0 Å². The van der Waals surface area contributed by atoms with Gasteiger partial charge >= 0.3 is 5.97 Å². The van der Waals surface area contributed by atoms with Gasteiger partial charge in [0.2, 0.25) is 0 Å². The molecule has 5 heteroatoms. The summed E-state index contributed by atoms with van der Waals surface area (Å²) in [6, 6.07) is 6.10. The molecule has 1 aliphatic rings. The van der Waals surface area contributed by atoms with E-state index in [4.69, 9.17) is 4.74 Å². The van der Waals surface area contributed by atoms with Crippen molar-refractivity contribution >= 4 is 23.4 Å². The van der Waals surface area contributed by atoms with Crippen LogP contribution in [0.2, 0.25) is 0 Å². The summed E-state index contributed by atoms with van der Waals surface area (Å²) < 4.78 is 6.85. The zero-order valence-electron chi connectivity index (χ0n) is 10.8. The highest BCUT2D eigenvalue weighted by Crippen LogP contribution is 2.52. The Morgan fingerprint density at radius 2 is 2.37 bits per heavy atom. The molecule has 0 spiro atoms. The number of hydrogen-bond donors (Lipinski definition) is 0. The topological polar surface area (TPSA) is 43.6 Å². The highest BCUT2D eigenvalue weighted by atomic mass is 32.2. The minimum Gasteiger partial charge on any atom is -0.469 e. The molecule has 0 radical (unpaired) electrons. The number of ether oxygens (including phenoxy) is 1. The summed E-state index contributed by atoms with van der Waals surface area (Å²) in [7, 11) is 1.46. The normalized spacial score (nSPS) is 16.5. The predicted octanol–water partition coefficient (Wildman–Crippen LogP) is 2.77. The number of rotatable bonds is 5. The molecule has 1 aliphatic carbocycles. The third-order valence-corrected chi connectivity index (χ3v) is 5.01. The molecule has 0 N–H and O–H groups in total. The maximum atomic E-state index is 11.4. The van der Waals surface area contributed by atoms with E-state index in [9.17, 15) is 4.79 Å². The lowest BCUT2D eigenvalue weighted by Gasteiger charge is -2.13. The Bertz CT molecular complexity index is 604. The van der Waals surface area contributed by atoms with Crippen LogP contribution in [0.4, 0.5) is 0 Å². The monoisotopic (exact) mass is 276 g/mol. The molecule has 100 valence electrons. The Kier molecular flexibility index (Phi) is 3.22. The van der Waals surface area contributed by atoms with Gasteiger partial charge in [-0.05, 0) is 30.4 Å². The first kappa shape index (κ1) is 12.5. The van der Waals surface area contributed by atoms with Gasteiger partial charge in [0.25, 0.3) is 0 Å². The standard InChI is InChI=1S/C14H16N2O2S/c1-18-13(17)9-14(5-6-14)10-19-12-4-2-3-11-15-7-8-16(11)12/h2-4,7-8H,5-6,9-10H2,1H3. The predicted molar refractivity (Wildman–Crippen MR) is 74.2 cm³/mol. The highest BCUT2D eigenvalue weighted by molar-refractivity contribution is 7.99. The fourth-order valence-electron chi connectivity index (χ4n) is 2.19. The summed E-state index contributed by atoms with van der Waals surface area (Å²) in [6.45, 7) is 0. The van der Waals surface area contributed by atoms with Crippen LogP contribution in [0.1, 0.15) is 19.3 Å². The fourth-order valence-corrected chi connectivity index (χ4v) is 3.51. The number of carbonyl (C=O) groups is 1. The summed E-state index contributed by atoms with van der Waals surface area (Å²) in [5.74, 6) is 0.860. The molecular weight excluding hydrogens is 260 g/mol. The minimum absolute atomic E-state index is 0.0982. The Labute approximate surface area is 116 Å². The smallest absolute Gasteiger partial charge is 0.306 e. The molecule has 19 heavy (non-hydrogen) atoms. The third-order valence-electron chi connectivity index (χ3n) is 3.62. The Morgan fingerprint density at radius 1 is 1.53 bits per heavy atom. The van der Waals surface area contributed by atoms with E-state index in [1.54, 1.807) is 18.0 Å². The Hall–Kier alpha value is -1.49. The Morgan fingerprint density at radius 3 is 3.11 bits per heavy atom. The second kappa shape index (κ2) is 4.89. The number of nitrogens with zero attached hydrogens (tertiary/aromatic N) is 2. The molecule has 2 heterocycles. The number of carbonyl (C=O) groups excluding carboxylic acids is 1. The molecule has 2 aromatic rings. The van der Waals surface area contributed by atoms with Gasteiger partial charge in [-0.15, -0.1) is 11.8 Å². The number of esters is 1. The molecule has 0 atom stereocenters. The van der Waals surface area contributed by atoms with Crippen LogP contribution in [-0.2, 0) is 9.53 Å². The van der Waals surface area contributed by atoms with E-state index in [1.165, 1.54) is 12.1 Å². The maximum absolute atomic E-state index is 11.4. The van der Waals surface area contributed by atoms with E-state index in [1.807, 2.05) is 18.3 Å². The number of imidazole rings is 1. The highest BCUT2D eigenvalue weighted by Gasteiger charge is 2.44. The Balaban J connectivity index is 1.69. The number of hydrogen-bond acceptors (Lipinski definition) is 4. The number of aromatic nitrogens is 2.